The minimum atomic E-state index is -0.120. The molecule has 0 saturated carbocycles. The van der Waals surface area contributed by atoms with E-state index in [0.717, 1.165) is 5.56 Å². The highest BCUT2D eigenvalue weighted by Gasteiger charge is 2.37. The number of aliphatic hydroxyl groups is 1. The number of benzene rings is 1. The molecule has 0 bridgehead atoms. The van der Waals surface area contributed by atoms with Gasteiger partial charge < -0.3 is 15.2 Å². The van der Waals surface area contributed by atoms with Gasteiger partial charge in [0.25, 0.3) is 0 Å². The molecule has 0 amide bonds. The van der Waals surface area contributed by atoms with Gasteiger partial charge in [-0.05, 0) is 11.6 Å². The van der Waals surface area contributed by atoms with Gasteiger partial charge in [-0.1, -0.05) is 35.3 Å². The lowest BCUT2D eigenvalue weighted by Gasteiger charge is -2.40. The van der Waals surface area contributed by atoms with Crippen LogP contribution in [-0.2, 0) is 11.3 Å². The Balaban J connectivity index is 1.88. The van der Waals surface area contributed by atoms with Crippen LogP contribution < -0.4 is 5.32 Å². The van der Waals surface area contributed by atoms with Crippen LogP contribution >= 0.6 is 23.2 Å². The Hall–Kier alpha value is -0.320. The number of hydrogen-bond donors (Lipinski definition) is 2. The molecular formula is C12H15Cl2NO2. The zero-order chi connectivity index (χ0) is 12.3. The Morgan fingerprint density at radius 2 is 2.12 bits per heavy atom. The molecular weight excluding hydrogens is 261 g/mol. The van der Waals surface area contributed by atoms with E-state index in [2.05, 4.69) is 5.32 Å². The van der Waals surface area contributed by atoms with Crippen LogP contribution in [0.15, 0.2) is 18.2 Å². The first-order chi connectivity index (χ1) is 8.17. The van der Waals surface area contributed by atoms with Gasteiger partial charge >= 0.3 is 0 Å². The van der Waals surface area contributed by atoms with E-state index in [1.165, 1.54) is 0 Å². The summed E-state index contributed by atoms with van der Waals surface area (Å²) in [5.74, 6) is 0. The molecule has 1 aliphatic heterocycles. The van der Waals surface area contributed by atoms with Gasteiger partial charge in [0.2, 0.25) is 0 Å². The molecule has 1 fully saturated rings. The molecule has 0 spiro atoms. The van der Waals surface area contributed by atoms with Crippen LogP contribution in [0, 0.1) is 5.41 Å². The quantitative estimate of drug-likeness (QED) is 0.865. The summed E-state index contributed by atoms with van der Waals surface area (Å²) in [6.45, 7) is 2.72. The number of hydrogen-bond acceptors (Lipinski definition) is 3. The van der Waals surface area contributed by atoms with E-state index in [4.69, 9.17) is 27.9 Å². The fraction of sp³-hybridized carbons (Fsp3) is 0.500. The summed E-state index contributed by atoms with van der Waals surface area (Å²) in [7, 11) is 0. The van der Waals surface area contributed by atoms with Crippen molar-refractivity contribution in [3.8, 4) is 0 Å². The second-order valence-corrected chi connectivity index (χ2v) is 5.25. The number of aliphatic hydroxyl groups excluding tert-OH is 1. The molecule has 17 heavy (non-hydrogen) atoms. The van der Waals surface area contributed by atoms with Crippen LogP contribution in [0.5, 0.6) is 0 Å². The molecule has 0 radical (unpaired) electrons. The highest BCUT2D eigenvalue weighted by atomic mass is 35.5. The lowest BCUT2D eigenvalue weighted by molar-refractivity contribution is -0.134. The first-order valence-electron chi connectivity index (χ1n) is 5.49. The van der Waals surface area contributed by atoms with Gasteiger partial charge in [-0.25, -0.2) is 0 Å². The van der Waals surface area contributed by atoms with E-state index in [1.807, 2.05) is 12.1 Å². The summed E-state index contributed by atoms with van der Waals surface area (Å²) < 4.78 is 5.13. The number of halogens is 2. The molecule has 1 aliphatic rings. The van der Waals surface area contributed by atoms with Gasteiger partial charge in [-0.3, -0.25) is 0 Å². The van der Waals surface area contributed by atoms with Gasteiger partial charge in [-0.15, -0.1) is 0 Å². The smallest absolute Gasteiger partial charge is 0.0637 e. The lowest BCUT2D eigenvalue weighted by Crippen LogP contribution is -2.52. The maximum absolute atomic E-state index is 9.27. The molecule has 3 nitrogen and oxygen atoms in total. The van der Waals surface area contributed by atoms with E-state index >= 15 is 0 Å². The Morgan fingerprint density at radius 3 is 2.71 bits per heavy atom. The topological polar surface area (TPSA) is 41.5 Å². The van der Waals surface area contributed by atoms with Crippen LogP contribution in [0.2, 0.25) is 10.0 Å². The van der Waals surface area contributed by atoms with Crippen molar-refractivity contribution in [1.29, 1.82) is 0 Å². The molecule has 0 unspecified atom stereocenters. The van der Waals surface area contributed by atoms with Gasteiger partial charge in [0.15, 0.2) is 0 Å². The van der Waals surface area contributed by atoms with Crippen molar-refractivity contribution in [2.24, 2.45) is 5.41 Å². The summed E-state index contributed by atoms with van der Waals surface area (Å²) in [6.07, 6.45) is 0. The molecule has 1 aromatic rings. The largest absolute Gasteiger partial charge is 0.396 e. The highest BCUT2D eigenvalue weighted by Crippen LogP contribution is 2.27. The zero-order valence-electron chi connectivity index (χ0n) is 9.38. The Bertz CT molecular complexity index is 389. The fourth-order valence-corrected chi connectivity index (χ4v) is 2.17. The normalized spacial score (nSPS) is 17.8. The molecule has 0 atom stereocenters. The predicted molar refractivity (Wildman–Crippen MR) is 68.5 cm³/mol. The van der Waals surface area contributed by atoms with E-state index < -0.39 is 0 Å². The number of rotatable bonds is 5. The second-order valence-electron chi connectivity index (χ2n) is 4.47. The minimum absolute atomic E-state index is 0.120. The number of nitrogens with one attached hydrogen (secondary N) is 1. The summed E-state index contributed by atoms with van der Waals surface area (Å²) in [4.78, 5) is 0. The van der Waals surface area contributed by atoms with E-state index in [-0.39, 0.29) is 12.0 Å². The zero-order valence-corrected chi connectivity index (χ0v) is 10.9. The maximum Gasteiger partial charge on any atom is 0.0637 e. The van der Waals surface area contributed by atoms with Crippen LogP contribution in [0.25, 0.3) is 0 Å². The molecule has 1 saturated heterocycles. The Labute approximate surface area is 111 Å². The molecule has 0 aromatic heterocycles. The molecule has 94 valence electrons. The average Bonchev–Trinajstić information content (AvgIpc) is 2.28. The van der Waals surface area contributed by atoms with Crippen LogP contribution in [0.1, 0.15) is 5.56 Å². The van der Waals surface area contributed by atoms with Crippen molar-refractivity contribution in [3.63, 3.8) is 0 Å². The van der Waals surface area contributed by atoms with Gasteiger partial charge in [0.1, 0.15) is 0 Å². The van der Waals surface area contributed by atoms with E-state index in [9.17, 15) is 5.11 Å². The third-order valence-electron chi connectivity index (χ3n) is 3.00. The molecule has 5 heteroatoms. The lowest BCUT2D eigenvalue weighted by atomic mass is 9.87. The van der Waals surface area contributed by atoms with Crippen molar-refractivity contribution < 1.29 is 9.84 Å². The van der Waals surface area contributed by atoms with E-state index in [0.29, 0.717) is 36.3 Å². The average molecular weight is 276 g/mol. The minimum Gasteiger partial charge on any atom is -0.396 e. The monoisotopic (exact) mass is 275 g/mol. The van der Waals surface area contributed by atoms with Crippen molar-refractivity contribution in [2.45, 2.75) is 6.54 Å². The fourth-order valence-electron chi connectivity index (χ4n) is 1.79. The van der Waals surface area contributed by atoms with Crippen molar-refractivity contribution in [1.82, 2.24) is 5.32 Å². The number of ether oxygens (including phenoxy) is 1. The molecule has 0 aliphatic carbocycles. The van der Waals surface area contributed by atoms with Crippen LogP contribution in [0.4, 0.5) is 0 Å². The summed E-state index contributed by atoms with van der Waals surface area (Å²) in [5, 5.41) is 13.7. The Kier molecular flexibility index (Phi) is 4.28. The van der Waals surface area contributed by atoms with Crippen molar-refractivity contribution in [2.75, 3.05) is 26.4 Å². The first-order valence-corrected chi connectivity index (χ1v) is 6.25. The standard InChI is InChI=1S/C12H15Cl2NO2/c13-10-3-1-2-9(11(10)14)4-15-5-12(6-16)7-17-8-12/h1-3,15-16H,4-8H2. The van der Waals surface area contributed by atoms with E-state index in [1.54, 1.807) is 6.07 Å². The predicted octanol–water partition coefficient (Wildman–Crippen LogP) is 2.09. The molecule has 2 N–H and O–H groups in total. The second kappa shape index (κ2) is 5.55. The first kappa shape index (κ1) is 13.1. The van der Waals surface area contributed by atoms with Gasteiger partial charge in [0, 0.05) is 13.1 Å². The van der Waals surface area contributed by atoms with Gasteiger partial charge in [0.05, 0.1) is 35.3 Å². The van der Waals surface area contributed by atoms with Crippen LogP contribution in [-0.4, -0.2) is 31.5 Å². The summed E-state index contributed by atoms with van der Waals surface area (Å²) >= 11 is 12.0. The van der Waals surface area contributed by atoms with Crippen molar-refractivity contribution >= 4 is 23.2 Å². The summed E-state index contributed by atoms with van der Waals surface area (Å²) in [5.41, 5.74) is 0.845. The summed E-state index contributed by atoms with van der Waals surface area (Å²) in [6, 6.07) is 5.58. The Morgan fingerprint density at radius 1 is 1.35 bits per heavy atom. The molecule has 2 rings (SSSR count). The molecule has 1 aromatic carbocycles. The maximum atomic E-state index is 9.27. The molecule has 1 heterocycles. The SMILES string of the molecule is OCC1(CNCc2cccc(Cl)c2Cl)COC1. The third-order valence-corrected chi connectivity index (χ3v) is 3.86. The van der Waals surface area contributed by atoms with Gasteiger partial charge in [-0.2, -0.15) is 0 Å². The van der Waals surface area contributed by atoms with Crippen molar-refractivity contribution in [3.05, 3.63) is 33.8 Å². The third kappa shape index (κ3) is 2.92. The highest BCUT2D eigenvalue weighted by molar-refractivity contribution is 6.42. The van der Waals surface area contributed by atoms with Crippen LogP contribution in [0.3, 0.4) is 0 Å².